The first kappa shape index (κ1) is 20.8. The topological polar surface area (TPSA) is 121 Å². The third kappa shape index (κ3) is 5.79. The molecule has 3 rings (SSSR count). The molecule has 1 heterocycles. The molecular weight excluding hydrogens is 376 g/mol. The van der Waals surface area contributed by atoms with Gasteiger partial charge in [-0.3, -0.25) is 14.9 Å². The molecule has 152 valence electrons. The summed E-state index contributed by atoms with van der Waals surface area (Å²) in [5, 5.41) is 23.2. The lowest BCUT2D eigenvalue weighted by molar-refractivity contribution is 0.0951. The Morgan fingerprint density at radius 3 is 2.40 bits per heavy atom. The van der Waals surface area contributed by atoms with Gasteiger partial charge in [0.25, 0.3) is 5.91 Å². The summed E-state index contributed by atoms with van der Waals surface area (Å²) in [6, 6.07) is 17.6. The number of nitrogens with zero attached hydrogens (tertiary/aromatic N) is 3. The molecule has 0 aliphatic carbocycles. The van der Waals surface area contributed by atoms with Crippen LogP contribution < -0.4 is 11.1 Å². The number of nitrogens with one attached hydrogen (secondary N) is 2. The molecule has 2 aromatic carbocycles. The van der Waals surface area contributed by atoms with E-state index >= 15 is 0 Å². The van der Waals surface area contributed by atoms with Crippen molar-refractivity contribution in [3.8, 4) is 6.07 Å². The molecule has 3 aromatic rings. The van der Waals surface area contributed by atoms with Gasteiger partial charge in [-0.2, -0.15) is 10.4 Å². The monoisotopic (exact) mass is 400 g/mol. The van der Waals surface area contributed by atoms with Crippen LogP contribution in [0.15, 0.2) is 60.9 Å². The highest BCUT2D eigenvalue weighted by Gasteiger charge is 2.09. The van der Waals surface area contributed by atoms with E-state index in [2.05, 4.69) is 28.6 Å². The number of rotatable bonds is 9. The molecule has 0 bridgehead atoms. The summed E-state index contributed by atoms with van der Waals surface area (Å²) in [5.41, 5.74) is 9.84. The number of nitrogens with two attached hydrogens (primary N) is 1. The number of nitrogen functional groups attached to an aromatic ring is 1. The maximum absolute atomic E-state index is 12.4. The quantitative estimate of drug-likeness (QED) is 0.290. The summed E-state index contributed by atoms with van der Waals surface area (Å²) >= 11 is 0. The highest BCUT2D eigenvalue weighted by Crippen LogP contribution is 2.10. The van der Waals surface area contributed by atoms with E-state index in [1.54, 1.807) is 29.2 Å². The smallest absolute Gasteiger partial charge is 0.254 e. The number of amidine groups is 1. The minimum atomic E-state index is -0.190. The van der Waals surface area contributed by atoms with Crippen molar-refractivity contribution in [3.63, 3.8) is 0 Å². The Bertz CT molecular complexity index is 1040. The lowest BCUT2D eigenvalue weighted by Gasteiger charge is -2.05. The zero-order valence-corrected chi connectivity index (χ0v) is 16.6. The van der Waals surface area contributed by atoms with Crippen LogP contribution in [0.4, 0.5) is 0 Å². The highest BCUT2D eigenvalue weighted by molar-refractivity contribution is 5.95. The Hall–Kier alpha value is -3.92. The molecule has 0 spiro atoms. The van der Waals surface area contributed by atoms with Crippen molar-refractivity contribution in [2.75, 3.05) is 0 Å². The fraction of sp³-hybridized carbons (Fsp3) is 0.217. The van der Waals surface area contributed by atoms with Gasteiger partial charge in [0.2, 0.25) is 0 Å². The molecule has 1 aromatic heterocycles. The van der Waals surface area contributed by atoms with Gasteiger partial charge < -0.3 is 11.1 Å². The van der Waals surface area contributed by atoms with Crippen molar-refractivity contribution >= 4 is 11.7 Å². The number of benzene rings is 2. The van der Waals surface area contributed by atoms with Crippen LogP contribution in [0.5, 0.6) is 0 Å². The fourth-order valence-corrected chi connectivity index (χ4v) is 3.02. The zero-order chi connectivity index (χ0) is 21.3. The number of aromatic nitrogens is 2. The van der Waals surface area contributed by atoms with E-state index in [1.165, 1.54) is 5.56 Å². The van der Waals surface area contributed by atoms with Gasteiger partial charge in [-0.25, -0.2) is 0 Å². The maximum atomic E-state index is 12.4. The number of carbonyl (C=O) groups is 1. The van der Waals surface area contributed by atoms with Crippen LogP contribution in [-0.4, -0.2) is 21.5 Å². The van der Waals surface area contributed by atoms with E-state index < -0.39 is 0 Å². The van der Waals surface area contributed by atoms with E-state index in [4.69, 9.17) is 16.4 Å². The Balaban J connectivity index is 1.52. The largest absolute Gasteiger partial charge is 0.384 e. The van der Waals surface area contributed by atoms with E-state index in [0.29, 0.717) is 30.6 Å². The van der Waals surface area contributed by atoms with Crippen LogP contribution in [0.3, 0.4) is 0 Å². The van der Waals surface area contributed by atoms with E-state index in [-0.39, 0.29) is 11.7 Å². The molecule has 30 heavy (non-hydrogen) atoms. The molecule has 1 amide bonds. The van der Waals surface area contributed by atoms with E-state index in [0.717, 1.165) is 24.0 Å². The van der Waals surface area contributed by atoms with Crippen LogP contribution in [0.25, 0.3) is 0 Å². The van der Waals surface area contributed by atoms with Crippen LogP contribution in [0.2, 0.25) is 0 Å². The van der Waals surface area contributed by atoms with Gasteiger partial charge in [0.15, 0.2) is 0 Å². The predicted molar refractivity (Wildman–Crippen MR) is 115 cm³/mol. The first-order chi connectivity index (χ1) is 14.5. The summed E-state index contributed by atoms with van der Waals surface area (Å²) < 4.78 is 1.74. The van der Waals surface area contributed by atoms with Gasteiger partial charge in [0.1, 0.15) is 5.84 Å². The highest BCUT2D eigenvalue weighted by atomic mass is 16.1. The second-order valence-corrected chi connectivity index (χ2v) is 7.05. The first-order valence-electron chi connectivity index (χ1n) is 9.74. The summed E-state index contributed by atoms with van der Waals surface area (Å²) in [6.07, 6.45) is 5.63. The molecule has 0 fully saturated rings. The SMILES string of the molecule is N#CCCCc1ccc(Cn2cc(C(=O)NCc3ccc(C(=N)N)cc3)cn2)cc1. The maximum Gasteiger partial charge on any atom is 0.254 e. The molecule has 7 heteroatoms. The molecule has 0 saturated carbocycles. The second kappa shape index (κ2) is 10.0. The van der Waals surface area contributed by atoms with Crippen molar-refractivity contribution in [3.05, 3.63) is 88.7 Å². The molecule has 7 nitrogen and oxygen atoms in total. The molecule has 0 unspecified atom stereocenters. The number of amides is 1. The Morgan fingerprint density at radius 1 is 1.07 bits per heavy atom. The van der Waals surface area contributed by atoms with Crippen LogP contribution >= 0.6 is 0 Å². The van der Waals surface area contributed by atoms with Crippen molar-refractivity contribution in [1.29, 1.82) is 10.7 Å². The molecule has 0 aliphatic rings. The zero-order valence-electron chi connectivity index (χ0n) is 16.6. The van der Waals surface area contributed by atoms with Crippen LogP contribution in [0.1, 0.15) is 45.5 Å². The normalized spacial score (nSPS) is 10.4. The molecule has 4 N–H and O–H groups in total. The number of hydrogen-bond donors (Lipinski definition) is 3. The lowest BCUT2D eigenvalue weighted by atomic mass is 10.1. The third-order valence-electron chi connectivity index (χ3n) is 4.74. The average Bonchev–Trinajstić information content (AvgIpc) is 3.22. The van der Waals surface area contributed by atoms with E-state index in [1.807, 2.05) is 24.3 Å². The summed E-state index contributed by atoms with van der Waals surface area (Å²) in [7, 11) is 0. The van der Waals surface area contributed by atoms with Gasteiger partial charge in [0.05, 0.1) is 24.4 Å². The number of unbranched alkanes of at least 4 members (excludes halogenated alkanes) is 1. The fourth-order valence-electron chi connectivity index (χ4n) is 3.02. The Kier molecular flexibility index (Phi) is 6.95. The van der Waals surface area contributed by atoms with Crippen LogP contribution in [-0.2, 0) is 19.5 Å². The van der Waals surface area contributed by atoms with Crippen LogP contribution in [0, 0.1) is 16.7 Å². The number of carbonyl (C=O) groups excluding carboxylic acids is 1. The molecular formula is C23H24N6O. The van der Waals surface area contributed by atoms with E-state index in [9.17, 15) is 4.79 Å². The predicted octanol–water partition coefficient (Wildman–Crippen LogP) is 2.99. The van der Waals surface area contributed by atoms with Gasteiger partial charge in [-0.05, 0) is 29.5 Å². The standard InChI is InChI=1S/C23H24N6O/c24-12-2-1-3-17-4-6-19(7-5-17)15-29-16-21(14-28-29)23(30)27-13-18-8-10-20(11-9-18)22(25)26/h4-11,14,16H,1-3,13,15H2,(H3,25,26)(H,27,30). The Labute approximate surface area is 175 Å². The second-order valence-electron chi connectivity index (χ2n) is 7.05. The van der Waals surface area contributed by atoms with Gasteiger partial charge >= 0.3 is 0 Å². The number of hydrogen-bond acceptors (Lipinski definition) is 4. The minimum absolute atomic E-state index is 0.0200. The average molecular weight is 400 g/mol. The molecule has 0 atom stereocenters. The molecule has 0 aliphatic heterocycles. The van der Waals surface area contributed by atoms with Crippen molar-refractivity contribution in [2.45, 2.75) is 32.4 Å². The summed E-state index contributed by atoms with van der Waals surface area (Å²) in [5.74, 6) is -0.170. The van der Waals surface area contributed by atoms with Gasteiger partial charge in [-0.15, -0.1) is 0 Å². The van der Waals surface area contributed by atoms with Crippen molar-refractivity contribution in [1.82, 2.24) is 15.1 Å². The van der Waals surface area contributed by atoms with Crippen molar-refractivity contribution < 1.29 is 4.79 Å². The Morgan fingerprint density at radius 2 is 1.73 bits per heavy atom. The lowest BCUT2D eigenvalue weighted by Crippen LogP contribution is -2.22. The summed E-state index contributed by atoms with van der Waals surface area (Å²) in [6.45, 7) is 0.966. The minimum Gasteiger partial charge on any atom is -0.384 e. The molecule has 0 saturated heterocycles. The van der Waals surface area contributed by atoms with Gasteiger partial charge in [0, 0.05) is 24.7 Å². The number of nitriles is 1. The third-order valence-corrected chi connectivity index (χ3v) is 4.74. The number of aryl methyl sites for hydroxylation is 1. The summed E-state index contributed by atoms with van der Waals surface area (Å²) in [4.78, 5) is 12.4. The van der Waals surface area contributed by atoms with Crippen molar-refractivity contribution in [2.24, 2.45) is 5.73 Å². The molecule has 0 radical (unpaired) electrons. The first-order valence-corrected chi connectivity index (χ1v) is 9.74. The van der Waals surface area contributed by atoms with Gasteiger partial charge in [-0.1, -0.05) is 48.5 Å².